The van der Waals surface area contributed by atoms with E-state index in [9.17, 15) is 14.7 Å². The molecule has 178 valence electrons. The normalized spacial score (nSPS) is 20.2. The summed E-state index contributed by atoms with van der Waals surface area (Å²) in [5.41, 5.74) is 0.960. The van der Waals surface area contributed by atoms with E-state index >= 15 is 0 Å². The number of hydrogen-bond acceptors (Lipinski definition) is 5. The fourth-order valence-electron chi connectivity index (χ4n) is 3.70. The summed E-state index contributed by atoms with van der Waals surface area (Å²) in [6.45, 7) is 3.94. The Morgan fingerprint density at radius 2 is 1.76 bits per heavy atom. The monoisotopic (exact) mass is 455 g/mol. The lowest BCUT2D eigenvalue weighted by Gasteiger charge is -2.36. The summed E-state index contributed by atoms with van der Waals surface area (Å²) >= 11 is 0. The first kappa shape index (κ1) is 24.5. The number of para-hydroxylation sites is 1. The van der Waals surface area contributed by atoms with E-state index in [1.807, 2.05) is 68.4 Å². The summed E-state index contributed by atoms with van der Waals surface area (Å²) in [7, 11) is 0. The highest BCUT2D eigenvalue weighted by molar-refractivity contribution is 5.76. The summed E-state index contributed by atoms with van der Waals surface area (Å²) in [6.07, 6.45) is 0.637. The third kappa shape index (κ3) is 8.07. The van der Waals surface area contributed by atoms with E-state index in [2.05, 4.69) is 16.0 Å². The van der Waals surface area contributed by atoms with E-state index in [4.69, 9.17) is 9.47 Å². The van der Waals surface area contributed by atoms with Gasteiger partial charge >= 0.3 is 6.03 Å². The first-order valence-electron chi connectivity index (χ1n) is 11.3. The summed E-state index contributed by atoms with van der Waals surface area (Å²) in [5.74, 6) is 1.38. The van der Waals surface area contributed by atoms with Gasteiger partial charge in [0.15, 0.2) is 0 Å². The number of benzene rings is 2. The lowest BCUT2D eigenvalue weighted by atomic mass is 9.97. The second-order valence-corrected chi connectivity index (χ2v) is 8.48. The molecule has 0 radical (unpaired) electrons. The first-order valence-corrected chi connectivity index (χ1v) is 11.3. The number of aliphatic hydroxyl groups is 1. The van der Waals surface area contributed by atoms with Crippen molar-refractivity contribution < 1.29 is 24.2 Å². The maximum Gasteiger partial charge on any atom is 0.315 e. The Labute approximate surface area is 194 Å². The quantitative estimate of drug-likeness (QED) is 0.465. The molecule has 4 N–H and O–H groups in total. The van der Waals surface area contributed by atoms with E-state index < -0.39 is 6.10 Å². The van der Waals surface area contributed by atoms with Crippen LogP contribution in [0.5, 0.6) is 11.5 Å². The molecule has 0 aromatic heterocycles. The van der Waals surface area contributed by atoms with E-state index in [-0.39, 0.29) is 43.2 Å². The zero-order valence-corrected chi connectivity index (χ0v) is 19.1. The second kappa shape index (κ2) is 12.2. The van der Waals surface area contributed by atoms with Crippen molar-refractivity contribution in [2.75, 3.05) is 6.61 Å². The van der Waals surface area contributed by atoms with Crippen LogP contribution in [0.2, 0.25) is 0 Å². The van der Waals surface area contributed by atoms with Crippen molar-refractivity contribution in [3.05, 3.63) is 60.2 Å². The van der Waals surface area contributed by atoms with Crippen LogP contribution in [0, 0.1) is 0 Å². The van der Waals surface area contributed by atoms with Gasteiger partial charge in [0, 0.05) is 12.6 Å². The van der Waals surface area contributed by atoms with Crippen LogP contribution in [-0.2, 0) is 16.1 Å². The van der Waals surface area contributed by atoms with E-state index in [1.165, 1.54) is 0 Å². The van der Waals surface area contributed by atoms with Crippen LogP contribution >= 0.6 is 0 Å². The Morgan fingerprint density at radius 3 is 2.42 bits per heavy atom. The molecule has 1 saturated heterocycles. The standard InChI is InChI=1S/C25H33N3O5/c1-17(2)27-25(31)28-22-13-12-21(33-23(22)16-29)14-24(30)26-15-18-8-10-20(11-9-18)32-19-6-4-3-5-7-19/h3-11,17,21-23,29H,12-16H2,1-2H3,(H,26,30)(H2,27,28,31)/t21-,22+,23-/m1/s1. The SMILES string of the molecule is CC(C)NC(=O)N[C@H]1CC[C@H](CC(=O)NCc2ccc(Oc3ccccc3)cc2)O[C@@H]1CO. The smallest absolute Gasteiger partial charge is 0.315 e. The minimum atomic E-state index is -0.536. The van der Waals surface area contributed by atoms with Crippen LogP contribution in [0.15, 0.2) is 54.6 Å². The fourth-order valence-corrected chi connectivity index (χ4v) is 3.70. The molecule has 33 heavy (non-hydrogen) atoms. The van der Waals surface area contributed by atoms with Gasteiger partial charge in [-0.15, -0.1) is 0 Å². The number of amides is 3. The molecule has 1 aliphatic heterocycles. The number of hydrogen-bond donors (Lipinski definition) is 4. The summed E-state index contributed by atoms with van der Waals surface area (Å²) < 4.78 is 11.7. The second-order valence-electron chi connectivity index (χ2n) is 8.48. The fraction of sp³-hybridized carbons (Fsp3) is 0.440. The van der Waals surface area contributed by atoms with Gasteiger partial charge in [-0.2, -0.15) is 0 Å². The molecule has 2 aromatic rings. The van der Waals surface area contributed by atoms with Gasteiger partial charge in [0.25, 0.3) is 0 Å². The molecule has 1 heterocycles. The van der Waals surface area contributed by atoms with Crippen LogP contribution in [0.1, 0.15) is 38.7 Å². The van der Waals surface area contributed by atoms with Crippen LogP contribution in [0.25, 0.3) is 0 Å². The minimum absolute atomic E-state index is 0.0196. The lowest BCUT2D eigenvalue weighted by Crippen LogP contribution is -2.54. The van der Waals surface area contributed by atoms with Gasteiger partial charge in [0.05, 0.1) is 25.2 Å². The minimum Gasteiger partial charge on any atom is -0.457 e. The van der Waals surface area contributed by atoms with Crippen molar-refractivity contribution in [3.63, 3.8) is 0 Å². The van der Waals surface area contributed by atoms with Crippen molar-refractivity contribution >= 4 is 11.9 Å². The van der Waals surface area contributed by atoms with Crippen LogP contribution in [0.4, 0.5) is 4.79 Å². The number of ether oxygens (including phenoxy) is 2. The van der Waals surface area contributed by atoms with E-state index in [1.54, 1.807) is 0 Å². The zero-order chi connectivity index (χ0) is 23.6. The Hall–Kier alpha value is -3.10. The molecule has 3 amide bonds. The lowest BCUT2D eigenvalue weighted by molar-refractivity contribution is -0.130. The number of carbonyl (C=O) groups excluding carboxylic acids is 2. The molecule has 0 aliphatic carbocycles. The van der Waals surface area contributed by atoms with Crippen molar-refractivity contribution in [1.82, 2.24) is 16.0 Å². The topological polar surface area (TPSA) is 109 Å². The van der Waals surface area contributed by atoms with Gasteiger partial charge in [-0.05, 0) is 56.5 Å². The van der Waals surface area contributed by atoms with Gasteiger partial charge in [-0.1, -0.05) is 30.3 Å². The molecular formula is C25H33N3O5. The highest BCUT2D eigenvalue weighted by atomic mass is 16.5. The summed E-state index contributed by atoms with van der Waals surface area (Å²) in [6, 6.07) is 16.6. The Bertz CT molecular complexity index is 889. The molecule has 2 aromatic carbocycles. The Morgan fingerprint density at radius 1 is 1.06 bits per heavy atom. The Kier molecular flexibility index (Phi) is 9.09. The van der Waals surface area contributed by atoms with Gasteiger partial charge < -0.3 is 30.5 Å². The molecule has 1 aliphatic rings. The average molecular weight is 456 g/mol. The molecular weight excluding hydrogens is 422 g/mol. The van der Waals surface area contributed by atoms with Crippen molar-refractivity contribution in [3.8, 4) is 11.5 Å². The zero-order valence-electron chi connectivity index (χ0n) is 19.1. The highest BCUT2D eigenvalue weighted by Gasteiger charge is 2.32. The number of aliphatic hydroxyl groups excluding tert-OH is 1. The van der Waals surface area contributed by atoms with Gasteiger partial charge in [0.1, 0.15) is 17.6 Å². The van der Waals surface area contributed by atoms with Gasteiger partial charge in [-0.3, -0.25) is 4.79 Å². The summed E-state index contributed by atoms with van der Waals surface area (Å²) in [4.78, 5) is 24.4. The number of urea groups is 1. The van der Waals surface area contributed by atoms with Crippen molar-refractivity contribution in [2.24, 2.45) is 0 Å². The number of nitrogens with one attached hydrogen (secondary N) is 3. The Balaban J connectivity index is 1.41. The molecule has 8 heteroatoms. The molecule has 0 bridgehead atoms. The van der Waals surface area contributed by atoms with Crippen LogP contribution < -0.4 is 20.7 Å². The first-order chi connectivity index (χ1) is 15.9. The largest absolute Gasteiger partial charge is 0.457 e. The maximum atomic E-state index is 12.4. The van der Waals surface area contributed by atoms with Crippen LogP contribution in [0.3, 0.4) is 0 Å². The van der Waals surface area contributed by atoms with Gasteiger partial charge in [0.2, 0.25) is 5.91 Å². The van der Waals surface area contributed by atoms with E-state index in [0.29, 0.717) is 19.4 Å². The molecule has 0 spiro atoms. The maximum absolute atomic E-state index is 12.4. The van der Waals surface area contributed by atoms with E-state index in [0.717, 1.165) is 17.1 Å². The molecule has 3 rings (SSSR count). The molecule has 0 unspecified atom stereocenters. The molecule has 8 nitrogen and oxygen atoms in total. The highest BCUT2D eigenvalue weighted by Crippen LogP contribution is 2.23. The van der Waals surface area contributed by atoms with Crippen LogP contribution in [-0.4, -0.2) is 47.9 Å². The molecule has 0 saturated carbocycles. The molecule has 1 fully saturated rings. The summed E-state index contributed by atoms with van der Waals surface area (Å²) in [5, 5.41) is 18.2. The number of carbonyl (C=O) groups is 2. The third-order valence-electron chi connectivity index (χ3n) is 5.34. The number of rotatable bonds is 9. The van der Waals surface area contributed by atoms with Gasteiger partial charge in [-0.25, -0.2) is 4.79 Å². The molecule has 3 atom stereocenters. The average Bonchev–Trinajstić information content (AvgIpc) is 2.80. The predicted octanol–water partition coefficient (Wildman–Crippen LogP) is 3.10. The predicted molar refractivity (Wildman–Crippen MR) is 125 cm³/mol. The van der Waals surface area contributed by atoms with Crippen molar-refractivity contribution in [1.29, 1.82) is 0 Å². The van der Waals surface area contributed by atoms with Crippen molar-refractivity contribution in [2.45, 2.75) is 63.9 Å². The third-order valence-corrected chi connectivity index (χ3v) is 5.34.